The van der Waals surface area contributed by atoms with Crippen molar-refractivity contribution in [3.8, 4) is 0 Å². The lowest BCUT2D eigenvalue weighted by atomic mass is 10.2. The number of aliphatic carboxylic acids is 1. The third kappa shape index (κ3) is 3.10. The Morgan fingerprint density at radius 1 is 1.60 bits per heavy atom. The molecule has 1 aromatic heterocycles. The Bertz CT molecular complexity index is 334. The van der Waals surface area contributed by atoms with Crippen LogP contribution in [0.2, 0.25) is 0 Å². The Morgan fingerprint density at radius 2 is 2.33 bits per heavy atom. The SMILES string of the molecule is CNC(C(=O)O)C(=O)NCc1cc[nH]c1. The molecule has 0 aliphatic carbocycles. The number of hydrogen-bond acceptors (Lipinski definition) is 3. The Morgan fingerprint density at radius 3 is 2.80 bits per heavy atom. The topological polar surface area (TPSA) is 94.2 Å². The van der Waals surface area contributed by atoms with Crippen molar-refractivity contribution in [1.82, 2.24) is 15.6 Å². The van der Waals surface area contributed by atoms with Crippen LogP contribution < -0.4 is 10.6 Å². The fraction of sp³-hybridized carbons (Fsp3) is 0.333. The van der Waals surface area contributed by atoms with Crippen LogP contribution in [0.5, 0.6) is 0 Å². The minimum absolute atomic E-state index is 0.313. The maximum atomic E-state index is 11.3. The van der Waals surface area contributed by atoms with Gasteiger partial charge in [0, 0.05) is 18.9 Å². The van der Waals surface area contributed by atoms with Crippen molar-refractivity contribution in [1.29, 1.82) is 0 Å². The van der Waals surface area contributed by atoms with E-state index in [-0.39, 0.29) is 0 Å². The highest BCUT2D eigenvalue weighted by atomic mass is 16.4. The zero-order valence-electron chi connectivity index (χ0n) is 8.28. The van der Waals surface area contributed by atoms with E-state index in [1.807, 2.05) is 0 Å². The van der Waals surface area contributed by atoms with Gasteiger partial charge in [-0.1, -0.05) is 0 Å². The Balaban J connectivity index is 2.44. The van der Waals surface area contributed by atoms with Crippen LogP contribution in [-0.2, 0) is 16.1 Å². The Labute approximate surface area is 86.7 Å². The summed E-state index contributed by atoms with van der Waals surface area (Å²) in [5.74, 6) is -1.74. The molecular formula is C9H13N3O3. The largest absolute Gasteiger partial charge is 0.480 e. The molecule has 82 valence electrons. The maximum absolute atomic E-state index is 11.3. The molecule has 15 heavy (non-hydrogen) atoms. The van der Waals surface area contributed by atoms with Crippen LogP contribution in [0.15, 0.2) is 18.5 Å². The summed E-state index contributed by atoms with van der Waals surface area (Å²) in [5, 5.41) is 13.6. The molecule has 0 saturated heterocycles. The maximum Gasteiger partial charge on any atom is 0.330 e. The van der Waals surface area contributed by atoms with Gasteiger partial charge in [-0.2, -0.15) is 0 Å². The molecule has 0 aliphatic rings. The van der Waals surface area contributed by atoms with E-state index in [2.05, 4.69) is 15.6 Å². The van der Waals surface area contributed by atoms with Crippen LogP contribution in [-0.4, -0.2) is 35.1 Å². The number of carboxylic acid groups (broad SMARTS) is 1. The summed E-state index contributed by atoms with van der Waals surface area (Å²) in [6.45, 7) is 0.313. The molecule has 1 aromatic rings. The molecule has 1 amide bonds. The molecular weight excluding hydrogens is 198 g/mol. The number of nitrogens with one attached hydrogen (secondary N) is 3. The van der Waals surface area contributed by atoms with Gasteiger partial charge >= 0.3 is 5.97 Å². The van der Waals surface area contributed by atoms with Gasteiger partial charge in [0.15, 0.2) is 6.04 Å². The molecule has 1 atom stereocenters. The zero-order chi connectivity index (χ0) is 11.3. The minimum atomic E-state index is -1.20. The molecule has 1 unspecified atom stereocenters. The van der Waals surface area contributed by atoms with E-state index >= 15 is 0 Å². The molecule has 6 heteroatoms. The third-order valence-electron chi connectivity index (χ3n) is 1.93. The second kappa shape index (κ2) is 5.16. The van der Waals surface area contributed by atoms with Gasteiger partial charge in [-0.25, -0.2) is 4.79 Å². The number of aromatic nitrogens is 1. The average Bonchev–Trinajstić information content (AvgIpc) is 2.67. The lowest BCUT2D eigenvalue weighted by Gasteiger charge is -2.10. The van der Waals surface area contributed by atoms with Crippen LogP contribution in [0, 0.1) is 0 Å². The number of carboxylic acids is 1. The molecule has 6 nitrogen and oxygen atoms in total. The quantitative estimate of drug-likeness (QED) is 0.484. The number of hydrogen-bond donors (Lipinski definition) is 4. The first-order chi connectivity index (χ1) is 7.15. The fourth-order valence-electron chi connectivity index (χ4n) is 1.13. The number of carbonyl (C=O) groups excluding carboxylic acids is 1. The van der Waals surface area contributed by atoms with Gasteiger partial charge in [0.05, 0.1) is 0 Å². The Hall–Kier alpha value is -1.82. The molecule has 0 bridgehead atoms. The van der Waals surface area contributed by atoms with Crippen LogP contribution in [0.3, 0.4) is 0 Å². The lowest BCUT2D eigenvalue weighted by Crippen LogP contribution is -2.47. The van der Waals surface area contributed by atoms with Crippen LogP contribution in [0.25, 0.3) is 0 Å². The van der Waals surface area contributed by atoms with Gasteiger partial charge in [-0.05, 0) is 18.7 Å². The van der Waals surface area contributed by atoms with E-state index in [0.29, 0.717) is 6.54 Å². The molecule has 0 radical (unpaired) electrons. The summed E-state index contributed by atoms with van der Waals surface area (Å²) >= 11 is 0. The first-order valence-electron chi connectivity index (χ1n) is 4.44. The molecule has 4 N–H and O–H groups in total. The fourth-order valence-corrected chi connectivity index (χ4v) is 1.13. The summed E-state index contributed by atoms with van der Waals surface area (Å²) in [7, 11) is 1.43. The molecule has 0 saturated carbocycles. The number of H-pyrrole nitrogens is 1. The van der Waals surface area contributed by atoms with E-state index in [4.69, 9.17) is 5.11 Å². The average molecular weight is 211 g/mol. The smallest absolute Gasteiger partial charge is 0.330 e. The predicted octanol–water partition coefficient (Wildman–Crippen LogP) is -0.696. The highest BCUT2D eigenvalue weighted by Gasteiger charge is 2.23. The first kappa shape index (κ1) is 11.3. The van der Waals surface area contributed by atoms with Gasteiger partial charge in [-0.15, -0.1) is 0 Å². The number of rotatable bonds is 5. The van der Waals surface area contributed by atoms with Gasteiger partial charge < -0.3 is 15.4 Å². The number of aromatic amines is 1. The zero-order valence-corrected chi connectivity index (χ0v) is 8.28. The van der Waals surface area contributed by atoms with E-state index in [9.17, 15) is 9.59 Å². The molecule has 1 rings (SSSR count). The van der Waals surface area contributed by atoms with Crippen molar-refractivity contribution < 1.29 is 14.7 Å². The van der Waals surface area contributed by atoms with Crippen molar-refractivity contribution in [2.75, 3.05) is 7.05 Å². The summed E-state index contributed by atoms with van der Waals surface area (Å²) in [4.78, 5) is 24.8. The first-order valence-corrected chi connectivity index (χ1v) is 4.44. The summed E-state index contributed by atoms with van der Waals surface area (Å²) in [5.41, 5.74) is 0.892. The number of amides is 1. The summed E-state index contributed by atoms with van der Waals surface area (Å²) in [6.07, 6.45) is 3.46. The standard InChI is InChI=1S/C9H13N3O3/c1-10-7(9(14)15)8(13)12-5-6-2-3-11-4-6/h2-4,7,10-11H,5H2,1H3,(H,12,13)(H,14,15). The normalized spacial score (nSPS) is 12.1. The minimum Gasteiger partial charge on any atom is -0.480 e. The van der Waals surface area contributed by atoms with Gasteiger partial charge in [0.25, 0.3) is 0 Å². The highest BCUT2D eigenvalue weighted by Crippen LogP contribution is 1.95. The predicted molar refractivity (Wildman–Crippen MR) is 53.1 cm³/mol. The van der Waals surface area contributed by atoms with Crippen molar-refractivity contribution in [2.24, 2.45) is 0 Å². The molecule has 0 aromatic carbocycles. The molecule has 1 heterocycles. The summed E-state index contributed by atoms with van der Waals surface area (Å²) in [6, 6.07) is 0.596. The number of carbonyl (C=O) groups is 2. The number of likely N-dealkylation sites (N-methyl/N-ethyl adjacent to an activating group) is 1. The second-order valence-electron chi connectivity index (χ2n) is 3.00. The van der Waals surface area contributed by atoms with E-state index in [1.165, 1.54) is 7.05 Å². The third-order valence-corrected chi connectivity index (χ3v) is 1.93. The summed E-state index contributed by atoms with van der Waals surface area (Å²) < 4.78 is 0. The molecule has 0 aliphatic heterocycles. The van der Waals surface area contributed by atoms with Crippen molar-refractivity contribution in [3.05, 3.63) is 24.0 Å². The van der Waals surface area contributed by atoms with Crippen molar-refractivity contribution in [2.45, 2.75) is 12.6 Å². The lowest BCUT2D eigenvalue weighted by molar-refractivity contribution is -0.143. The highest BCUT2D eigenvalue weighted by molar-refractivity contribution is 6.01. The monoisotopic (exact) mass is 211 g/mol. The van der Waals surface area contributed by atoms with Crippen molar-refractivity contribution >= 4 is 11.9 Å². The van der Waals surface area contributed by atoms with Crippen LogP contribution >= 0.6 is 0 Å². The Kier molecular flexibility index (Phi) is 3.87. The van der Waals surface area contributed by atoms with Crippen LogP contribution in [0.1, 0.15) is 5.56 Å². The van der Waals surface area contributed by atoms with Crippen molar-refractivity contribution in [3.63, 3.8) is 0 Å². The van der Waals surface area contributed by atoms with Crippen LogP contribution in [0.4, 0.5) is 0 Å². The second-order valence-corrected chi connectivity index (χ2v) is 3.00. The van der Waals surface area contributed by atoms with E-state index in [0.717, 1.165) is 5.56 Å². The molecule has 0 fully saturated rings. The van der Waals surface area contributed by atoms with E-state index in [1.54, 1.807) is 18.5 Å². The van der Waals surface area contributed by atoms with Gasteiger partial charge in [0.2, 0.25) is 5.91 Å². The molecule has 0 spiro atoms. The van der Waals surface area contributed by atoms with Gasteiger partial charge in [-0.3, -0.25) is 10.1 Å². The van der Waals surface area contributed by atoms with E-state index < -0.39 is 17.9 Å². The van der Waals surface area contributed by atoms with Gasteiger partial charge in [0.1, 0.15) is 0 Å².